The van der Waals surface area contributed by atoms with Crippen LogP contribution in [0.3, 0.4) is 0 Å². The van der Waals surface area contributed by atoms with Crippen molar-refractivity contribution in [1.29, 1.82) is 0 Å². The van der Waals surface area contributed by atoms with E-state index in [1.807, 2.05) is 0 Å². The molecule has 1 aliphatic rings. The Bertz CT molecular complexity index is 1410. The molecule has 5 rings (SSSR count). The van der Waals surface area contributed by atoms with E-state index in [-0.39, 0.29) is 5.69 Å². The molecule has 3 aromatic heterocycles. The topological polar surface area (TPSA) is 67.6 Å². The van der Waals surface area contributed by atoms with Crippen LogP contribution in [0.1, 0.15) is 11.1 Å². The molecule has 1 saturated heterocycles. The quantitative estimate of drug-likeness (QED) is 0.340. The third-order valence-electron chi connectivity index (χ3n) is 6.17. The van der Waals surface area contributed by atoms with E-state index >= 15 is 0 Å². The molecule has 4 heterocycles. The second kappa shape index (κ2) is 10.2. The van der Waals surface area contributed by atoms with E-state index in [9.17, 15) is 26.3 Å². The average molecular weight is 536 g/mol. The summed E-state index contributed by atoms with van der Waals surface area (Å²) in [5.41, 5.74) is -0.228. The molecule has 4 aromatic rings. The number of morpholine rings is 1. The largest absolute Gasteiger partial charge is 0.417 e. The number of halogens is 6. The number of hydrogen-bond acceptors (Lipinski definition) is 6. The van der Waals surface area contributed by atoms with Crippen LogP contribution >= 0.6 is 0 Å². The molecular formula is C25H22F6N6O. The summed E-state index contributed by atoms with van der Waals surface area (Å²) in [6, 6.07) is 8.07. The van der Waals surface area contributed by atoms with Gasteiger partial charge in [0.15, 0.2) is 0 Å². The summed E-state index contributed by atoms with van der Waals surface area (Å²) in [6.07, 6.45) is -6.78. The first-order valence-electron chi connectivity index (χ1n) is 11.7. The van der Waals surface area contributed by atoms with Crippen molar-refractivity contribution in [1.82, 2.24) is 24.5 Å². The van der Waals surface area contributed by atoms with Gasteiger partial charge >= 0.3 is 12.4 Å². The van der Waals surface area contributed by atoms with Crippen LogP contribution in [0.4, 0.5) is 32.3 Å². The van der Waals surface area contributed by atoms with Gasteiger partial charge < -0.3 is 10.1 Å². The molecule has 0 unspecified atom stereocenters. The molecule has 1 aromatic carbocycles. The van der Waals surface area contributed by atoms with E-state index < -0.39 is 23.5 Å². The number of rotatable bonds is 6. The molecule has 0 amide bonds. The van der Waals surface area contributed by atoms with Crippen LogP contribution in [0.5, 0.6) is 0 Å². The van der Waals surface area contributed by atoms with Gasteiger partial charge in [0.1, 0.15) is 5.69 Å². The van der Waals surface area contributed by atoms with E-state index in [4.69, 9.17) is 4.74 Å². The number of nitrogens with one attached hydrogen (secondary N) is 1. The third kappa shape index (κ3) is 5.58. The zero-order valence-corrected chi connectivity index (χ0v) is 19.9. The SMILES string of the molecule is FC(F)(F)c1ccc(-c2nn3cc(C(F)(F)F)ccc3c2-c2ccnc(NCCN3CCOCC3)n2)cc1. The molecule has 1 aliphatic heterocycles. The van der Waals surface area contributed by atoms with E-state index in [1.54, 1.807) is 6.07 Å². The number of nitrogens with zero attached hydrogens (tertiary/aromatic N) is 5. The second-order valence-electron chi connectivity index (χ2n) is 8.69. The Morgan fingerprint density at radius 2 is 1.55 bits per heavy atom. The van der Waals surface area contributed by atoms with Gasteiger partial charge in [0, 0.05) is 44.1 Å². The Kier molecular flexibility index (Phi) is 6.97. The van der Waals surface area contributed by atoms with Gasteiger partial charge in [0.05, 0.1) is 41.1 Å². The number of benzene rings is 1. The van der Waals surface area contributed by atoms with Gasteiger partial charge in [-0.3, -0.25) is 4.90 Å². The predicted octanol–water partition coefficient (Wildman–Crippen LogP) is 5.24. The highest BCUT2D eigenvalue weighted by molar-refractivity contribution is 5.91. The van der Waals surface area contributed by atoms with Crippen molar-refractivity contribution in [2.24, 2.45) is 0 Å². The standard InChI is InChI=1S/C25H22F6N6O/c26-24(27,28)17-3-1-16(2-4-17)22-21(20-6-5-18(25(29,30)31)15-37(20)35-22)19-7-8-32-23(34-19)33-9-10-36-11-13-38-14-12-36/h1-8,15H,9-14H2,(H,32,33,34). The lowest BCUT2D eigenvalue weighted by atomic mass is 10.0. The van der Waals surface area contributed by atoms with E-state index in [2.05, 4.69) is 25.3 Å². The van der Waals surface area contributed by atoms with Gasteiger partial charge in [0.25, 0.3) is 0 Å². The third-order valence-corrected chi connectivity index (χ3v) is 6.17. The lowest BCUT2D eigenvalue weighted by Gasteiger charge is -2.26. The number of alkyl halides is 6. The van der Waals surface area contributed by atoms with Crippen molar-refractivity contribution < 1.29 is 31.1 Å². The van der Waals surface area contributed by atoms with Crippen molar-refractivity contribution in [2.45, 2.75) is 12.4 Å². The number of pyridine rings is 1. The molecular weight excluding hydrogens is 514 g/mol. The predicted molar refractivity (Wildman–Crippen MR) is 127 cm³/mol. The van der Waals surface area contributed by atoms with Crippen molar-refractivity contribution in [3.63, 3.8) is 0 Å². The number of hydrogen-bond donors (Lipinski definition) is 1. The van der Waals surface area contributed by atoms with Gasteiger partial charge in [-0.25, -0.2) is 14.5 Å². The maximum Gasteiger partial charge on any atom is 0.417 e. The highest BCUT2D eigenvalue weighted by atomic mass is 19.4. The molecule has 0 saturated carbocycles. The summed E-state index contributed by atoms with van der Waals surface area (Å²) in [5.74, 6) is 0.306. The summed E-state index contributed by atoms with van der Waals surface area (Å²) in [4.78, 5) is 11.0. The summed E-state index contributed by atoms with van der Waals surface area (Å²) in [6.45, 7) is 4.28. The normalized spacial score (nSPS) is 15.2. The fraction of sp³-hybridized carbons (Fsp3) is 0.320. The second-order valence-corrected chi connectivity index (χ2v) is 8.69. The number of ether oxygens (including phenoxy) is 1. The van der Waals surface area contributed by atoms with Gasteiger partial charge in [-0.1, -0.05) is 12.1 Å². The highest BCUT2D eigenvalue weighted by Crippen LogP contribution is 2.38. The Labute approximate surface area is 213 Å². The van der Waals surface area contributed by atoms with Gasteiger partial charge in [-0.2, -0.15) is 31.4 Å². The minimum atomic E-state index is -4.60. The van der Waals surface area contributed by atoms with Crippen molar-refractivity contribution >= 4 is 11.5 Å². The molecule has 38 heavy (non-hydrogen) atoms. The molecule has 0 atom stereocenters. The maximum atomic E-state index is 13.3. The van der Waals surface area contributed by atoms with E-state index in [1.165, 1.54) is 24.4 Å². The Morgan fingerprint density at radius 3 is 2.24 bits per heavy atom. The van der Waals surface area contributed by atoms with Crippen LogP contribution in [0.2, 0.25) is 0 Å². The Balaban J connectivity index is 1.52. The first kappa shape index (κ1) is 25.9. The van der Waals surface area contributed by atoms with Crippen LogP contribution in [-0.4, -0.2) is 63.9 Å². The first-order chi connectivity index (χ1) is 18.1. The maximum absolute atomic E-state index is 13.3. The molecule has 1 fully saturated rings. The highest BCUT2D eigenvalue weighted by Gasteiger charge is 2.32. The molecule has 1 N–H and O–H groups in total. The monoisotopic (exact) mass is 536 g/mol. The van der Waals surface area contributed by atoms with Crippen LogP contribution in [0.25, 0.3) is 28.0 Å². The molecule has 13 heteroatoms. The molecule has 0 radical (unpaired) electrons. The first-order valence-corrected chi connectivity index (χ1v) is 11.7. The molecule has 0 bridgehead atoms. The van der Waals surface area contributed by atoms with Crippen LogP contribution < -0.4 is 5.32 Å². The van der Waals surface area contributed by atoms with E-state index in [0.29, 0.717) is 48.0 Å². The minimum Gasteiger partial charge on any atom is -0.379 e. The fourth-order valence-corrected chi connectivity index (χ4v) is 4.22. The Hall–Kier alpha value is -3.71. The Morgan fingerprint density at radius 1 is 0.868 bits per heavy atom. The summed E-state index contributed by atoms with van der Waals surface area (Å²) in [5, 5.41) is 7.46. The fourth-order valence-electron chi connectivity index (χ4n) is 4.22. The molecule has 0 aliphatic carbocycles. The van der Waals surface area contributed by atoms with E-state index in [0.717, 1.165) is 48.5 Å². The minimum absolute atomic E-state index is 0.191. The van der Waals surface area contributed by atoms with Crippen molar-refractivity contribution in [3.05, 3.63) is 66.0 Å². The molecule has 200 valence electrons. The lowest BCUT2D eigenvalue weighted by Crippen LogP contribution is -2.39. The molecule has 0 spiro atoms. The zero-order valence-electron chi connectivity index (χ0n) is 19.9. The molecule has 7 nitrogen and oxygen atoms in total. The summed E-state index contributed by atoms with van der Waals surface area (Å²) < 4.78 is 85.7. The van der Waals surface area contributed by atoms with Gasteiger partial charge in [0.2, 0.25) is 5.95 Å². The number of aromatic nitrogens is 4. The van der Waals surface area contributed by atoms with Gasteiger partial charge in [-0.15, -0.1) is 0 Å². The number of fused-ring (bicyclic) bond motifs is 1. The smallest absolute Gasteiger partial charge is 0.379 e. The number of anilines is 1. The van der Waals surface area contributed by atoms with Crippen molar-refractivity contribution in [3.8, 4) is 22.5 Å². The average Bonchev–Trinajstić information content (AvgIpc) is 3.28. The summed E-state index contributed by atoms with van der Waals surface area (Å²) in [7, 11) is 0. The van der Waals surface area contributed by atoms with Crippen LogP contribution in [-0.2, 0) is 17.1 Å². The van der Waals surface area contributed by atoms with Crippen LogP contribution in [0.15, 0.2) is 54.9 Å². The summed E-state index contributed by atoms with van der Waals surface area (Å²) >= 11 is 0. The van der Waals surface area contributed by atoms with Crippen LogP contribution in [0, 0.1) is 0 Å². The van der Waals surface area contributed by atoms with Crippen molar-refractivity contribution in [2.75, 3.05) is 44.7 Å². The zero-order chi connectivity index (χ0) is 26.9. The van der Waals surface area contributed by atoms with Gasteiger partial charge in [-0.05, 0) is 30.3 Å². The lowest BCUT2D eigenvalue weighted by molar-refractivity contribution is -0.138.